The van der Waals surface area contributed by atoms with E-state index < -0.39 is 6.04 Å². The number of hydrogen-bond donors (Lipinski definition) is 1. The van der Waals surface area contributed by atoms with Crippen molar-refractivity contribution in [3.05, 3.63) is 112 Å². The van der Waals surface area contributed by atoms with Crippen LogP contribution >= 0.6 is 0 Å². The molecule has 2 aromatic heterocycles. The lowest BCUT2D eigenvalue weighted by Crippen LogP contribution is -2.35. The largest absolute Gasteiger partial charge is 0.454 e. The van der Waals surface area contributed by atoms with Crippen LogP contribution in [-0.2, 0) is 13.1 Å². The summed E-state index contributed by atoms with van der Waals surface area (Å²) in [5.74, 6) is 1.89. The molecule has 1 atom stereocenters. The molecule has 0 aliphatic carbocycles. The molecule has 5 aromatic rings. The Bertz CT molecular complexity index is 1580. The van der Waals surface area contributed by atoms with Crippen LogP contribution in [0.1, 0.15) is 35.5 Å². The molecule has 186 valence electrons. The average molecular weight is 495 g/mol. The van der Waals surface area contributed by atoms with E-state index in [1.54, 1.807) is 10.7 Å². The molecule has 0 saturated heterocycles. The maximum Gasteiger partial charge on any atom is 0.253 e. The number of hydrogen-bond acceptors (Lipinski definition) is 7. The van der Waals surface area contributed by atoms with E-state index in [0.717, 1.165) is 16.5 Å². The summed E-state index contributed by atoms with van der Waals surface area (Å²) in [6, 6.07) is 25.3. The molecule has 0 saturated carbocycles. The maximum absolute atomic E-state index is 13.6. The number of nitrogens with one attached hydrogen (secondary N) is 1. The van der Waals surface area contributed by atoms with E-state index >= 15 is 0 Å². The Hall–Kier alpha value is -4.50. The van der Waals surface area contributed by atoms with Crippen molar-refractivity contribution in [1.29, 1.82) is 0 Å². The summed E-state index contributed by atoms with van der Waals surface area (Å²) in [5, 5.41) is 13.6. The third kappa shape index (κ3) is 4.56. The van der Waals surface area contributed by atoms with Gasteiger partial charge < -0.3 is 14.5 Å². The molecule has 3 aromatic carbocycles. The van der Waals surface area contributed by atoms with Gasteiger partial charge in [0.1, 0.15) is 6.04 Å². The smallest absolute Gasteiger partial charge is 0.253 e. The molecule has 0 radical (unpaired) electrons. The first kappa shape index (κ1) is 22.9. The van der Waals surface area contributed by atoms with Gasteiger partial charge in [-0.1, -0.05) is 67.6 Å². The fourth-order valence-corrected chi connectivity index (χ4v) is 4.80. The molecular formula is C28H26N6O3. The van der Waals surface area contributed by atoms with Gasteiger partial charge in [0.15, 0.2) is 17.3 Å². The molecule has 0 amide bonds. The number of rotatable bonds is 8. The van der Waals surface area contributed by atoms with Crippen molar-refractivity contribution in [3.8, 4) is 11.5 Å². The number of pyridine rings is 1. The normalized spacial score (nSPS) is 13.4. The van der Waals surface area contributed by atoms with Crippen molar-refractivity contribution >= 4 is 10.9 Å². The molecule has 1 aliphatic rings. The highest BCUT2D eigenvalue weighted by Crippen LogP contribution is 2.36. The number of ether oxygens (including phenoxy) is 2. The fourth-order valence-electron chi connectivity index (χ4n) is 4.80. The highest BCUT2D eigenvalue weighted by Gasteiger charge is 2.30. The van der Waals surface area contributed by atoms with E-state index in [1.165, 1.54) is 0 Å². The van der Waals surface area contributed by atoms with E-state index in [-0.39, 0.29) is 12.4 Å². The van der Waals surface area contributed by atoms with Gasteiger partial charge in [-0.15, -0.1) is 5.10 Å². The molecule has 0 bridgehead atoms. The SMILES string of the molecule is CCN(Cc1ccccc1)C(c1cc2cc3c(cc2[nH]c1=O)OCO3)c1nnnn1Cc1ccccc1. The number of nitrogens with zero attached hydrogens (tertiary/aromatic N) is 5. The summed E-state index contributed by atoms with van der Waals surface area (Å²) >= 11 is 0. The van der Waals surface area contributed by atoms with Gasteiger partial charge in [-0.2, -0.15) is 0 Å². The third-order valence-electron chi connectivity index (χ3n) is 6.64. The number of benzene rings is 3. The van der Waals surface area contributed by atoms with Crippen molar-refractivity contribution in [3.63, 3.8) is 0 Å². The zero-order valence-corrected chi connectivity index (χ0v) is 20.4. The lowest BCUT2D eigenvalue weighted by molar-refractivity contribution is 0.174. The highest BCUT2D eigenvalue weighted by molar-refractivity contribution is 5.83. The number of aromatic amines is 1. The van der Waals surface area contributed by atoms with Crippen LogP contribution in [0.3, 0.4) is 0 Å². The first-order chi connectivity index (χ1) is 18.2. The zero-order valence-electron chi connectivity index (χ0n) is 20.4. The quantitative estimate of drug-likeness (QED) is 0.349. The topological polar surface area (TPSA) is 98.2 Å². The summed E-state index contributed by atoms with van der Waals surface area (Å²) in [4.78, 5) is 18.8. The van der Waals surface area contributed by atoms with Gasteiger partial charge in [-0.25, -0.2) is 4.68 Å². The van der Waals surface area contributed by atoms with Gasteiger partial charge in [0, 0.05) is 23.6 Å². The second-order valence-corrected chi connectivity index (χ2v) is 8.98. The standard InChI is InChI=1S/C28H26N6O3/c1-2-33(16-19-9-5-3-6-10-19)26(27-30-31-32-34(27)17-20-11-7-4-8-12-20)22-13-21-14-24-25(37-18-36-24)15-23(21)29-28(22)35/h3-15,26H,2,16-18H2,1H3,(H,29,35). The third-order valence-corrected chi connectivity index (χ3v) is 6.64. The Morgan fingerprint density at radius 2 is 1.68 bits per heavy atom. The van der Waals surface area contributed by atoms with Crippen LogP contribution in [0.25, 0.3) is 10.9 Å². The van der Waals surface area contributed by atoms with Crippen LogP contribution in [0.15, 0.2) is 83.7 Å². The molecular weight excluding hydrogens is 468 g/mol. The van der Waals surface area contributed by atoms with Gasteiger partial charge in [-0.05, 0) is 40.2 Å². The number of fused-ring (bicyclic) bond motifs is 2. The van der Waals surface area contributed by atoms with Crippen molar-refractivity contribution in [2.24, 2.45) is 0 Å². The van der Waals surface area contributed by atoms with Gasteiger partial charge >= 0.3 is 0 Å². The summed E-state index contributed by atoms with van der Waals surface area (Å²) in [6.45, 7) is 4.04. The highest BCUT2D eigenvalue weighted by atomic mass is 16.7. The lowest BCUT2D eigenvalue weighted by atomic mass is 10.0. The summed E-state index contributed by atoms with van der Waals surface area (Å²) in [7, 11) is 0. The Kier molecular flexibility index (Phi) is 6.11. The minimum absolute atomic E-state index is 0.167. The summed E-state index contributed by atoms with van der Waals surface area (Å²) in [6.07, 6.45) is 0. The molecule has 0 fully saturated rings. The van der Waals surface area contributed by atoms with Crippen LogP contribution < -0.4 is 15.0 Å². The van der Waals surface area contributed by atoms with E-state index in [0.29, 0.717) is 48.0 Å². The molecule has 1 N–H and O–H groups in total. The molecule has 6 rings (SSSR count). The van der Waals surface area contributed by atoms with Crippen LogP contribution in [0.4, 0.5) is 0 Å². The van der Waals surface area contributed by atoms with Gasteiger partial charge in [0.2, 0.25) is 6.79 Å². The molecule has 9 heteroatoms. The Morgan fingerprint density at radius 1 is 0.973 bits per heavy atom. The van der Waals surface area contributed by atoms with E-state index in [9.17, 15) is 4.79 Å². The zero-order chi connectivity index (χ0) is 25.2. The molecule has 3 heterocycles. The lowest BCUT2D eigenvalue weighted by Gasteiger charge is -2.30. The number of tetrazole rings is 1. The maximum atomic E-state index is 13.6. The van der Waals surface area contributed by atoms with Crippen LogP contribution in [0.2, 0.25) is 0 Å². The van der Waals surface area contributed by atoms with Crippen molar-refractivity contribution in [2.75, 3.05) is 13.3 Å². The predicted molar refractivity (Wildman–Crippen MR) is 138 cm³/mol. The Balaban J connectivity index is 1.48. The van der Waals surface area contributed by atoms with Crippen LogP contribution in [-0.4, -0.2) is 43.4 Å². The second kappa shape index (κ2) is 9.87. The van der Waals surface area contributed by atoms with Gasteiger partial charge in [-0.3, -0.25) is 9.69 Å². The number of aromatic nitrogens is 5. The van der Waals surface area contributed by atoms with Crippen molar-refractivity contribution in [2.45, 2.75) is 26.1 Å². The summed E-state index contributed by atoms with van der Waals surface area (Å²) < 4.78 is 12.9. The fraction of sp³-hybridized carbons (Fsp3) is 0.214. The Morgan fingerprint density at radius 3 is 2.41 bits per heavy atom. The minimum atomic E-state index is -0.484. The monoisotopic (exact) mass is 494 g/mol. The van der Waals surface area contributed by atoms with Gasteiger partial charge in [0.05, 0.1) is 12.1 Å². The first-order valence-corrected chi connectivity index (χ1v) is 12.2. The van der Waals surface area contributed by atoms with Gasteiger partial charge in [0.25, 0.3) is 5.56 Å². The van der Waals surface area contributed by atoms with E-state index in [4.69, 9.17) is 9.47 Å². The Labute approximate surface area is 213 Å². The number of H-pyrrole nitrogens is 1. The van der Waals surface area contributed by atoms with E-state index in [2.05, 4.69) is 44.5 Å². The molecule has 1 aliphatic heterocycles. The summed E-state index contributed by atoms with van der Waals surface area (Å²) in [5.41, 5.74) is 3.26. The predicted octanol–water partition coefficient (Wildman–Crippen LogP) is 3.90. The minimum Gasteiger partial charge on any atom is -0.454 e. The van der Waals surface area contributed by atoms with Crippen LogP contribution in [0.5, 0.6) is 11.5 Å². The molecule has 1 unspecified atom stereocenters. The average Bonchev–Trinajstić information content (AvgIpc) is 3.57. The molecule has 0 spiro atoms. The molecule has 9 nitrogen and oxygen atoms in total. The van der Waals surface area contributed by atoms with Crippen LogP contribution in [0, 0.1) is 0 Å². The second-order valence-electron chi connectivity index (χ2n) is 8.98. The molecule has 37 heavy (non-hydrogen) atoms. The van der Waals surface area contributed by atoms with Crippen molar-refractivity contribution in [1.82, 2.24) is 30.1 Å². The van der Waals surface area contributed by atoms with Crippen molar-refractivity contribution < 1.29 is 9.47 Å². The van der Waals surface area contributed by atoms with E-state index in [1.807, 2.05) is 60.7 Å². The first-order valence-electron chi connectivity index (χ1n) is 12.2.